The molecule has 1 amide bonds. The van der Waals surface area contributed by atoms with Crippen LogP contribution in [-0.2, 0) is 0 Å². The molecule has 1 atom stereocenters. The second kappa shape index (κ2) is 9.39. The lowest BCUT2D eigenvalue weighted by molar-refractivity contribution is 0.100. The number of guanidine groups is 1. The van der Waals surface area contributed by atoms with Crippen LogP contribution >= 0.6 is 0 Å². The van der Waals surface area contributed by atoms with Gasteiger partial charge in [-0.3, -0.25) is 4.79 Å². The van der Waals surface area contributed by atoms with E-state index < -0.39 is 5.91 Å². The molecule has 6 nitrogen and oxygen atoms in total. The average Bonchev–Trinajstić information content (AvgIpc) is 2.72. The number of ether oxygens (including phenoxy) is 1. The molecule has 0 aliphatic carbocycles. The number of fused-ring (bicyclic) bond motifs is 1. The molecule has 3 aromatic rings. The van der Waals surface area contributed by atoms with E-state index in [1.54, 1.807) is 6.07 Å². The molecule has 0 aliphatic rings. The SMILES string of the molecule is CCC(C)CCOc1ccc2c(C(=O)N=C(N)N)cc(-c3ccccc3C)nc2c1. The van der Waals surface area contributed by atoms with Crippen LogP contribution in [-0.4, -0.2) is 23.5 Å². The van der Waals surface area contributed by atoms with Crippen LogP contribution in [0.25, 0.3) is 22.2 Å². The number of aryl methyl sites for hydroxylation is 1. The lowest BCUT2D eigenvalue weighted by Gasteiger charge is -2.13. The van der Waals surface area contributed by atoms with Crippen molar-refractivity contribution in [1.29, 1.82) is 0 Å². The molecule has 156 valence electrons. The number of nitrogens with zero attached hydrogens (tertiary/aromatic N) is 2. The van der Waals surface area contributed by atoms with Gasteiger partial charge < -0.3 is 16.2 Å². The maximum atomic E-state index is 12.7. The third-order valence-corrected chi connectivity index (χ3v) is 5.24. The van der Waals surface area contributed by atoms with Gasteiger partial charge in [0.15, 0.2) is 5.96 Å². The van der Waals surface area contributed by atoms with Crippen molar-refractivity contribution in [2.75, 3.05) is 6.61 Å². The Balaban J connectivity index is 2.07. The second-order valence-electron chi connectivity index (χ2n) is 7.54. The predicted octanol–water partition coefficient (Wildman–Crippen LogP) is 4.44. The van der Waals surface area contributed by atoms with Gasteiger partial charge in [-0.2, -0.15) is 4.99 Å². The first-order valence-corrected chi connectivity index (χ1v) is 10.2. The summed E-state index contributed by atoms with van der Waals surface area (Å²) >= 11 is 0. The Morgan fingerprint density at radius 1 is 1.17 bits per heavy atom. The Bertz CT molecular complexity index is 1090. The van der Waals surface area contributed by atoms with Crippen molar-refractivity contribution in [2.24, 2.45) is 22.4 Å². The van der Waals surface area contributed by atoms with Gasteiger partial charge in [-0.25, -0.2) is 4.98 Å². The zero-order valence-corrected chi connectivity index (χ0v) is 17.7. The molecule has 30 heavy (non-hydrogen) atoms. The molecule has 1 aromatic heterocycles. The first kappa shape index (κ1) is 21.3. The van der Waals surface area contributed by atoms with Gasteiger partial charge in [-0.1, -0.05) is 44.5 Å². The first-order valence-electron chi connectivity index (χ1n) is 10.2. The molecule has 0 spiro atoms. The Hall–Kier alpha value is -3.41. The molecule has 1 heterocycles. The largest absolute Gasteiger partial charge is 0.494 e. The van der Waals surface area contributed by atoms with Crippen LogP contribution in [0.2, 0.25) is 0 Å². The zero-order chi connectivity index (χ0) is 21.7. The van der Waals surface area contributed by atoms with Crippen molar-refractivity contribution >= 4 is 22.8 Å². The molecule has 0 radical (unpaired) electrons. The van der Waals surface area contributed by atoms with Crippen molar-refractivity contribution in [3.8, 4) is 17.0 Å². The molecular weight excluding hydrogens is 376 g/mol. The highest BCUT2D eigenvalue weighted by atomic mass is 16.5. The minimum absolute atomic E-state index is 0.271. The highest BCUT2D eigenvalue weighted by Crippen LogP contribution is 2.29. The molecule has 0 fully saturated rings. The summed E-state index contributed by atoms with van der Waals surface area (Å²) in [4.78, 5) is 21.2. The molecule has 6 heteroatoms. The summed E-state index contributed by atoms with van der Waals surface area (Å²) in [5.41, 5.74) is 14.6. The van der Waals surface area contributed by atoms with Gasteiger partial charge in [-0.15, -0.1) is 0 Å². The van der Waals surface area contributed by atoms with Gasteiger partial charge in [0.05, 0.1) is 23.4 Å². The van der Waals surface area contributed by atoms with E-state index in [9.17, 15) is 4.79 Å². The highest BCUT2D eigenvalue weighted by molar-refractivity contribution is 6.11. The van der Waals surface area contributed by atoms with Gasteiger partial charge in [0.2, 0.25) is 0 Å². The maximum Gasteiger partial charge on any atom is 0.280 e. The van der Waals surface area contributed by atoms with Crippen molar-refractivity contribution < 1.29 is 9.53 Å². The van der Waals surface area contributed by atoms with Crippen molar-refractivity contribution in [2.45, 2.75) is 33.6 Å². The van der Waals surface area contributed by atoms with Crippen LogP contribution < -0.4 is 16.2 Å². The van der Waals surface area contributed by atoms with Crippen LogP contribution in [0.4, 0.5) is 0 Å². The van der Waals surface area contributed by atoms with Gasteiger partial charge in [-0.05, 0) is 43.0 Å². The van der Waals surface area contributed by atoms with E-state index in [0.717, 1.165) is 29.7 Å². The molecular formula is C24H28N4O2. The highest BCUT2D eigenvalue weighted by Gasteiger charge is 2.15. The normalized spacial score (nSPS) is 11.8. The Labute approximate surface area is 177 Å². The quantitative estimate of drug-likeness (QED) is 0.447. The number of amides is 1. The molecule has 0 saturated carbocycles. The topological polar surface area (TPSA) is 104 Å². The lowest BCUT2D eigenvalue weighted by Crippen LogP contribution is -2.24. The number of aliphatic imine (C=N–C) groups is 1. The van der Waals surface area contributed by atoms with Gasteiger partial charge in [0, 0.05) is 17.0 Å². The van der Waals surface area contributed by atoms with E-state index in [-0.39, 0.29) is 5.96 Å². The number of benzene rings is 2. The number of aromatic nitrogens is 1. The fraction of sp³-hybridized carbons (Fsp3) is 0.292. The van der Waals surface area contributed by atoms with Gasteiger partial charge in [0.25, 0.3) is 5.91 Å². The van der Waals surface area contributed by atoms with E-state index in [1.807, 2.05) is 49.4 Å². The second-order valence-corrected chi connectivity index (χ2v) is 7.54. The molecule has 1 unspecified atom stereocenters. The van der Waals surface area contributed by atoms with E-state index in [1.165, 1.54) is 0 Å². The van der Waals surface area contributed by atoms with E-state index in [4.69, 9.17) is 21.2 Å². The van der Waals surface area contributed by atoms with E-state index in [0.29, 0.717) is 34.7 Å². The standard InChI is InChI=1S/C24H28N4O2/c1-4-15(2)11-12-30-17-9-10-19-20(23(29)28-24(25)26)14-22(27-21(19)13-17)18-8-6-5-7-16(18)3/h5-10,13-15H,4,11-12H2,1-3H3,(H4,25,26,28,29). The Morgan fingerprint density at radius 3 is 2.63 bits per heavy atom. The fourth-order valence-corrected chi connectivity index (χ4v) is 3.23. The number of carbonyl (C=O) groups excluding carboxylic acids is 1. The minimum atomic E-state index is -0.498. The summed E-state index contributed by atoms with van der Waals surface area (Å²) in [5, 5.41) is 0.677. The number of carbonyl (C=O) groups is 1. The Kier molecular flexibility index (Phi) is 6.67. The fourth-order valence-electron chi connectivity index (χ4n) is 3.23. The number of hydrogen-bond acceptors (Lipinski definition) is 3. The number of hydrogen-bond donors (Lipinski definition) is 2. The van der Waals surface area contributed by atoms with Crippen LogP contribution in [0, 0.1) is 12.8 Å². The summed E-state index contributed by atoms with van der Waals surface area (Å²) < 4.78 is 5.93. The van der Waals surface area contributed by atoms with E-state index >= 15 is 0 Å². The summed E-state index contributed by atoms with van der Waals surface area (Å²) in [6.45, 7) is 7.03. The monoisotopic (exact) mass is 404 g/mol. The summed E-state index contributed by atoms with van der Waals surface area (Å²) in [6.07, 6.45) is 2.11. The van der Waals surface area contributed by atoms with Crippen LogP contribution in [0.3, 0.4) is 0 Å². The van der Waals surface area contributed by atoms with Crippen molar-refractivity contribution in [3.63, 3.8) is 0 Å². The van der Waals surface area contributed by atoms with Gasteiger partial charge >= 0.3 is 0 Å². The summed E-state index contributed by atoms with van der Waals surface area (Å²) in [5.74, 6) is 0.565. The Morgan fingerprint density at radius 2 is 1.93 bits per heavy atom. The third kappa shape index (κ3) is 4.95. The molecule has 0 aliphatic heterocycles. The molecule has 2 aromatic carbocycles. The number of nitrogens with two attached hydrogens (primary N) is 2. The number of pyridine rings is 1. The smallest absolute Gasteiger partial charge is 0.280 e. The van der Waals surface area contributed by atoms with Crippen molar-refractivity contribution in [3.05, 3.63) is 59.7 Å². The van der Waals surface area contributed by atoms with Gasteiger partial charge in [0.1, 0.15) is 5.75 Å². The maximum absolute atomic E-state index is 12.7. The predicted molar refractivity (Wildman–Crippen MR) is 122 cm³/mol. The molecule has 0 bridgehead atoms. The van der Waals surface area contributed by atoms with Crippen LogP contribution in [0.1, 0.15) is 42.6 Å². The third-order valence-electron chi connectivity index (χ3n) is 5.24. The zero-order valence-electron chi connectivity index (χ0n) is 17.7. The first-order chi connectivity index (χ1) is 14.4. The molecule has 0 saturated heterocycles. The average molecular weight is 405 g/mol. The lowest BCUT2D eigenvalue weighted by atomic mass is 10.0. The van der Waals surface area contributed by atoms with E-state index in [2.05, 4.69) is 18.8 Å². The van der Waals surface area contributed by atoms with Crippen LogP contribution in [0.15, 0.2) is 53.5 Å². The summed E-state index contributed by atoms with van der Waals surface area (Å²) in [7, 11) is 0. The minimum Gasteiger partial charge on any atom is -0.494 e. The van der Waals surface area contributed by atoms with Crippen LogP contribution in [0.5, 0.6) is 5.75 Å². The number of rotatable bonds is 7. The molecule has 3 rings (SSSR count). The molecule has 4 N–H and O–H groups in total. The van der Waals surface area contributed by atoms with Crippen molar-refractivity contribution in [1.82, 2.24) is 4.98 Å². The summed E-state index contributed by atoms with van der Waals surface area (Å²) in [6, 6.07) is 15.2.